The summed E-state index contributed by atoms with van der Waals surface area (Å²) in [5.41, 5.74) is 1.26. The number of aromatic hydroxyl groups is 1. The van der Waals surface area contributed by atoms with Gasteiger partial charge in [0, 0.05) is 12.2 Å². The van der Waals surface area contributed by atoms with Crippen molar-refractivity contribution in [2.75, 3.05) is 25.0 Å². The Bertz CT molecular complexity index is 772. The fourth-order valence-electron chi connectivity index (χ4n) is 2.64. The van der Waals surface area contributed by atoms with E-state index >= 15 is 0 Å². The highest BCUT2D eigenvalue weighted by Gasteiger charge is 2.28. The van der Waals surface area contributed by atoms with Crippen LogP contribution in [0.15, 0.2) is 36.7 Å². The number of carbonyl (C=O) groups excluding carboxylic acids is 1. The lowest BCUT2D eigenvalue weighted by Gasteiger charge is -2.34. The second-order valence-corrected chi connectivity index (χ2v) is 7.30. The minimum absolute atomic E-state index is 0.0138. The molecule has 1 aromatic carbocycles. The Balaban J connectivity index is 1.62. The maximum atomic E-state index is 12.3. The molecule has 2 heterocycles. The average molecular weight is 372 g/mol. The van der Waals surface area contributed by atoms with E-state index < -0.39 is 5.60 Å². The first-order valence-corrected chi connectivity index (χ1v) is 8.78. The smallest absolute Gasteiger partial charge is 0.410 e. The van der Waals surface area contributed by atoms with Gasteiger partial charge in [-0.05, 0) is 38.5 Å². The van der Waals surface area contributed by atoms with Gasteiger partial charge in [-0.3, -0.25) is 0 Å². The fourth-order valence-corrected chi connectivity index (χ4v) is 2.64. The zero-order chi connectivity index (χ0) is 19.4. The molecule has 0 bridgehead atoms. The number of hydrogen-bond donors (Lipinski definition) is 2. The standard InChI is InChI=1S/C19H24N4O4/c1-19(2,3)27-18(25)23-8-9-26-16(12-23)13-4-6-14(7-5-13)22-17-20-10-15(24)11-21-17/h4-7,10-11,16,24H,8-9,12H2,1-3H3,(H,20,21,22)/t16-/m0/s1. The molecule has 8 nitrogen and oxygen atoms in total. The van der Waals surface area contributed by atoms with Crippen LogP contribution in [0.4, 0.5) is 16.4 Å². The highest BCUT2D eigenvalue weighted by atomic mass is 16.6. The van der Waals surface area contributed by atoms with E-state index in [1.165, 1.54) is 12.4 Å². The van der Waals surface area contributed by atoms with Gasteiger partial charge in [0.2, 0.25) is 5.95 Å². The normalized spacial score (nSPS) is 17.4. The Morgan fingerprint density at radius 2 is 1.93 bits per heavy atom. The van der Waals surface area contributed by atoms with Crippen LogP contribution < -0.4 is 5.32 Å². The maximum absolute atomic E-state index is 12.3. The van der Waals surface area contributed by atoms with E-state index in [4.69, 9.17) is 9.47 Å². The number of aromatic nitrogens is 2. The van der Waals surface area contributed by atoms with Crippen molar-refractivity contribution in [2.24, 2.45) is 0 Å². The van der Waals surface area contributed by atoms with Gasteiger partial charge in [-0.15, -0.1) is 0 Å². The molecule has 0 saturated carbocycles. The summed E-state index contributed by atoms with van der Waals surface area (Å²) in [6.45, 7) is 6.99. The van der Waals surface area contributed by atoms with Crippen LogP contribution >= 0.6 is 0 Å². The first kappa shape index (κ1) is 18.9. The number of amides is 1. The van der Waals surface area contributed by atoms with E-state index in [1.807, 2.05) is 45.0 Å². The number of rotatable bonds is 3. The van der Waals surface area contributed by atoms with Gasteiger partial charge < -0.3 is 24.8 Å². The molecular formula is C19H24N4O4. The van der Waals surface area contributed by atoms with Crippen molar-refractivity contribution in [1.29, 1.82) is 0 Å². The van der Waals surface area contributed by atoms with Gasteiger partial charge in [-0.1, -0.05) is 12.1 Å². The number of hydrogen-bond acceptors (Lipinski definition) is 7. The summed E-state index contributed by atoms with van der Waals surface area (Å²) in [6.07, 6.45) is 2.12. The largest absolute Gasteiger partial charge is 0.505 e. The predicted molar refractivity (Wildman–Crippen MR) is 99.9 cm³/mol. The molecule has 2 N–H and O–H groups in total. The van der Waals surface area contributed by atoms with Crippen molar-refractivity contribution in [1.82, 2.24) is 14.9 Å². The monoisotopic (exact) mass is 372 g/mol. The molecule has 3 rings (SSSR count). The minimum Gasteiger partial charge on any atom is -0.505 e. The van der Waals surface area contributed by atoms with Gasteiger partial charge >= 0.3 is 6.09 Å². The van der Waals surface area contributed by atoms with Gasteiger partial charge in [-0.2, -0.15) is 0 Å². The molecule has 8 heteroatoms. The third kappa shape index (κ3) is 5.30. The molecule has 0 spiro atoms. The maximum Gasteiger partial charge on any atom is 0.410 e. The minimum atomic E-state index is -0.519. The molecule has 1 saturated heterocycles. The number of nitrogens with zero attached hydrogens (tertiary/aromatic N) is 3. The first-order valence-electron chi connectivity index (χ1n) is 8.78. The summed E-state index contributed by atoms with van der Waals surface area (Å²) >= 11 is 0. The molecule has 1 amide bonds. The van der Waals surface area contributed by atoms with Crippen molar-refractivity contribution in [3.05, 3.63) is 42.2 Å². The van der Waals surface area contributed by atoms with Crippen LogP contribution in [-0.4, -0.2) is 51.4 Å². The lowest BCUT2D eigenvalue weighted by molar-refractivity contribution is -0.0432. The van der Waals surface area contributed by atoms with E-state index in [1.54, 1.807) is 4.90 Å². The van der Waals surface area contributed by atoms with E-state index in [9.17, 15) is 9.90 Å². The van der Waals surface area contributed by atoms with Gasteiger partial charge in [0.25, 0.3) is 0 Å². The number of anilines is 2. The Labute approximate surface area is 158 Å². The second-order valence-electron chi connectivity index (χ2n) is 7.30. The Morgan fingerprint density at radius 1 is 1.26 bits per heavy atom. The van der Waals surface area contributed by atoms with E-state index in [0.717, 1.165) is 11.3 Å². The van der Waals surface area contributed by atoms with Crippen LogP contribution in [0, 0.1) is 0 Å². The van der Waals surface area contributed by atoms with Gasteiger partial charge in [0.1, 0.15) is 11.7 Å². The number of ether oxygens (including phenoxy) is 2. The highest BCUT2D eigenvalue weighted by molar-refractivity contribution is 5.68. The lowest BCUT2D eigenvalue weighted by atomic mass is 10.1. The van der Waals surface area contributed by atoms with E-state index in [-0.39, 0.29) is 17.9 Å². The third-order valence-electron chi connectivity index (χ3n) is 3.89. The van der Waals surface area contributed by atoms with Gasteiger partial charge in [0.05, 0.1) is 25.5 Å². The topological polar surface area (TPSA) is 96.8 Å². The molecular weight excluding hydrogens is 348 g/mol. The van der Waals surface area contributed by atoms with Crippen LogP contribution in [0.2, 0.25) is 0 Å². The molecule has 0 aliphatic carbocycles. The number of carbonyl (C=O) groups is 1. The van der Waals surface area contributed by atoms with Crippen LogP contribution in [-0.2, 0) is 9.47 Å². The lowest BCUT2D eigenvalue weighted by Crippen LogP contribution is -2.44. The summed E-state index contributed by atoms with van der Waals surface area (Å²) in [6, 6.07) is 7.65. The molecule has 144 valence electrons. The first-order chi connectivity index (χ1) is 12.8. The van der Waals surface area contributed by atoms with Crippen LogP contribution in [0.25, 0.3) is 0 Å². The van der Waals surface area contributed by atoms with E-state index in [0.29, 0.717) is 25.6 Å². The molecule has 27 heavy (non-hydrogen) atoms. The van der Waals surface area contributed by atoms with Crippen molar-refractivity contribution in [3.63, 3.8) is 0 Å². The third-order valence-corrected chi connectivity index (χ3v) is 3.89. The predicted octanol–water partition coefficient (Wildman–Crippen LogP) is 3.23. The quantitative estimate of drug-likeness (QED) is 0.854. The Hall–Kier alpha value is -2.87. The summed E-state index contributed by atoms with van der Waals surface area (Å²) in [5.74, 6) is 0.408. The molecule has 2 aromatic rings. The molecule has 1 atom stereocenters. The molecule has 1 fully saturated rings. The van der Waals surface area contributed by atoms with Crippen LogP contribution in [0.1, 0.15) is 32.4 Å². The second kappa shape index (κ2) is 7.79. The Kier molecular flexibility index (Phi) is 5.46. The van der Waals surface area contributed by atoms with Gasteiger partial charge in [0.15, 0.2) is 5.75 Å². The zero-order valence-corrected chi connectivity index (χ0v) is 15.7. The molecule has 0 radical (unpaired) electrons. The van der Waals surface area contributed by atoms with Crippen LogP contribution in [0.3, 0.4) is 0 Å². The fraction of sp³-hybridized carbons (Fsp3) is 0.421. The number of morpholine rings is 1. The average Bonchev–Trinajstić information content (AvgIpc) is 2.63. The molecule has 0 unspecified atom stereocenters. The zero-order valence-electron chi connectivity index (χ0n) is 15.7. The highest BCUT2D eigenvalue weighted by Crippen LogP contribution is 2.25. The van der Waals surface area contributed by atoms with Crippen molar-refractivity contribution >= 4 is 17.7 Å². The van der Waals surface area contributed by atoms with Gasteiger partial charge in [-0.25, -0.2) is 14.8 Å². The van der Waals surface area contributed by atoms with Crippen molar-refractivity contribution < 1.29 is 19.4 Å². The molecule has 1 aliphatic rings. The summed E-state index contributed by atoms with van der Waals surface area (Å²) < 4.78 is 11.3. The Morgan fingerprint density at radius 3 is 2.56 bits per heavy atom. The van der Waals surface area contributed by atoms with Crippen molar-refractivity contribution in [2.45, 2.75) is 32.5 Å². The summed E-state index contributed by atoms with van der Waals surface area (Å²) in [4.78, 5) is 21.9. The van der Waals surface area contributed by atoms with Crippen LogP contribution in [0.5, 0.6) is 5.75 Å². The van der Waals surface area contributed by atoms with E-state index in [2.05, 4.69) is 15.3 Å². The summed E-state index contributed by atoms with van der Waals surface area (Å²) in [7, 11) is 0. The van der Waals surface area contributed by atoms with Crippen molar-refractivity contribution in [3.8, 4) is 5.75 Å². The summed E-state index contributed by atoms with van der Waals surface area (Å²) in [5, 5.41) is 12.3. The molecule has 1 aliphatic heterocycles. The SMILES string of the molecule is CC(C)(C)OC(=O)N1CCO[C@H](c2ccc(Nc3ncc(O)cn3)cc2)C1. The number of nitrogens with one attached hydrogen (secondary N) is 1. The molecule has 1 aromatic heterocycles. The number of benzene rings is 1.